The summed E-state index contributed by atoms with van der Waals surface area (Å²) in [5, 5.41) is 17.0. The molecule has 0 bridgehead atoms. The molecule has 7 heteroatoms. The smallest absolute Gasteiger partial charge is 0.204 e. The molecule has 3 heterocycles. The van der Waals surface area contributed by atoms with Gasteiger partial charge in [0.2, 0.25) is 5.82 Å². The van der Waals surface area contributed by atoms with Crippen LogP contribution in [0.15, 0.2) is 42.7 Å². The van der Waals surface area contributed by atoms with Crippen molar-refractivity contribution in [2.75, 3.05) is 0 Å². The molecule has 0 aliphatic rings. The molecule has 4 aromatic rings. The highest BCUT2D eigenvalue weighted by Gasteiger charge is 2.10. The van der Waals surface area contributed by atoms with E-state index in [-0.39, 0.29) is 0 Å². The maximum absolute atomic E-state index is 4.46. The highest BCUT2D eigenvalue weighted by molar-refractivity contribution is 5.68. The van der Waals surface area contributed by atoms with Gasteiger partial charge in [-0.15, -0.1) is 10.2 Å². The standard InChI is InChI=1S/C17H16N7/c1-12(2)11-23-21-17(20-22-23)14-5-3-4-13(10-14)15-6-8-18-16-7-9-19-24(15)16/h3-6,8-10,12H,11H2,1-2H3. The Morgan fingerprint density at radius 3 is 2.92 bits per heavy atom. The number of fused-ring (bicyclic) bond motifs is 1. The average Bonchev–Trinajstić information content (AvgIpc) is 3.23. The maximum Gasteiger partial charge on any atom is 0.204 e. The fraction of sp³-hybridized carbons (Fsp3) is 0.235. The molecule has 1 radical (unpaired) electrons. The van der Waals surface area contributed by atoms with E-state index in [1.807, 2.05) is 30.3 Å². The monoisotopic (exact) mass is 318 g/mol. The van der Waals surface area contributed by atoms with Crippen LogP contribution in [0.2, 0.25) is 0 Å². The molecule has 0 unspecified atom stereocenters. The fourth-order valence-corrected chi connectivity index (χ4v) is 2.58. The van der Waals surface area contributed by atoms with Gasteiger partial charge in [-0.25, -0.2) is 9.50 Å². The molecule has 4 rings (SSSR count). The second-order valence-electron chi connectivity index (χ2n) is 6.00. The van der Waals surface area contributed by atoms with Crippen LogP contribution in [0, 0.1) is 12.0 Å². The quantitative estimate of drug-likeness (QED) is 0.578. The van der Waals surface area contributed by atoms with Crippen molar-refractivity contribution >= 4 is 5.65 Å². The van der Waals surface area contributed by atoms with E-state index in [1.165, 1.54) is 0 Å². The first-order valence-corrected chi connectivity index (χ1v) is 7.80. The summed E-state index contributed by atoms with van der Waals surface area (Å²) >= 11 is 0. The van der Waals surface area contributed by atoms with Crippen LogP contribution in [-0.4, -0.2) is 34.8 Å². The van der Waals surface area contributed by atoms with Crippen LogP contribution in [-0.2, 0) is 6.54 Å². The molecule has 0 aliphatic heterocycles. The SMILES string of the molecule is CC(C)Cn1nnc(-c2cccc(-c3ccnc4[c]cnn34)c2)n1. The number of tetrazole rings is 1. The Labute approximate surface area is 139 Å². The van der Waals surface area contributed by atoms with E-state index in [4.69, 9.17) is 0 Å². The molecule has 0 spiro atoms. The lowest BCUT2D eigenvalue weighted by Gasteiger charge is -2.05. The Bertz CT molecular complexity index is 983. The predicted molar refractivity (Wildman–Crippen MR) is 88.9 cm³/mol. The Hall–Kier alpha value is -3.09. The van der Waals surface area contributed by atoms with Gasteiger partial charge in [-0.05, 0) is 23.3 Å². The summed E-state index contributed by atoms with van der Waals surface area (Å²) < 4.78 is 1.77. The first-order chi connectivity index (χ1) is 11.7. The summed E-state index contributed by atoms with van der Waals surface area (Å²) in [5.41, 5.74) is 3.57. The van der Waals surface area contributed by atoms with E-state index < -0.39 is 0 Å². The van der Waals surface area contributed by atoms with E-state index >= 15 is 0 Å². The lowest BCUT2D eigenvalue weighted by molar-refractivity contribution is 0.430. The zero-order chi connectivity index (χ0) is 16.5. The number of aromatic nitrogens is 7. The van der Waals surface area contributed by atoms with Gasteiger partial charge in [0.25, 0.3) is 0 Å². The molecule has 0 atom stereocenters. The lowest BCUT2D eigenvalue weighted by Crippen LogP contribution is -2.07. The van der Waals surface area contributed by atoms with Crippen LogP contribution in [0.3, 0.4) is 0 Å². The molecule has 0 amide bonds. The van der Waals surface area contributed by atoms with Crippen LogP contribution in [0.1, 0.15) is 13.8 Å². The zero-order valence-electron chi connectivity index (χ0n) is 13.5. The van der Waals surface area contributed by atoms with Crippen molar-refractivity contribution in [3.8, 4) is 22.6 Å². The van der Waals surface area contributed by atoms with Crippen molar-refractivity contribution in [3.05, 3.63) is 48.8 Å². The number of benzene rings is 1. The van der Waals surface area contributed by atoms with Crippen LogP contribution >= 0.6 is 0 Å². The van der Waals surface area contributed by atoms with Gasteiger partial charge in [0, 0.05) is 17.3 Å². The van der Waals surface area contributed by atoms with Gasteiger partial charge in [0.15, 0.2) is 5.65 Å². The van der Waals surface area contributed by atoms with Crippen molar-refractivity contribution < 1.29 is 0 Å². The molecule has 0 N–H and O–H groups in total. The molecule has 24 heavy (non-hydrogen) atoms. The largest absolute Gasteiger partial charge is 0.236 e. The van der Waals surface area contributed by atoms with Gasteiger partial charge in [-0.2, -0.15) is 9.90 Å². The molecule has 3 aromatic heterocycles. The number of hydrogen-bond donors (Lipinski definition) is 0. The van der Waals surface area contributed by atoms with Gasteiger partial charge in [0.1, 0.15) is 0 Å². The molecular weight excluding hydrogens is 302 g/mol. The molecule has 0 aliphatic carbocycles. The van der Waals surface area contributed by atoms with Gasteiger partial charge in [0.05, 0.1) is 24.5 Å². The summed E-state index contributed by atoms with van der Waals surface area (Å²) in [4.78, 5) is 5.88. The van der Waals surface area contributed by atoms with Crippen LogP contribution in [0.25, 0.3) is 28.3 Å². The topological polar surface area (TPSA) is 73.8 Å². The summed E-state index contributed by atoms with van der Waals surface area (Å²) in [7, 11) is 0. The van der Waals surface area contributed by atoms with Crippen LogP contribution in [0.4, 0.5) is 0 Å². The zero-order valence-corrected chi connectivity index (χ0v) is 13.5. The first-order valence-electron chi connectivity index (χ1n) is 7.80. The average molecular weight is 318 g/mol. The Morgan fingerprint density at radius 1 is 1.17 bits per heavy atom. The number of rotatable bonds is 4. The Kier molecular flexibility index (Phi) is 3.53. The van der Waals surface area contributed by atoms with Gasteiger partial charge < -0.3 is 0 Å². The van der Waals surface area contributed by atoms with Crippen LogP contribution < -0.4 is 0 Å². The summed E-state index contributed by atoms with van der Waals surface area (Å²) in [5.74, 6) is 1.09. The van der Waals surface area contributed by atoms with Gasteiger partial charge in [-0.3, -0.25) is 0 Å². The molecule has 1 aromatic carbocycles. The van der Waals surface area contributed by atoms with Crippen molar-refractivity contribution in [2.24, 2.45) is 5.92 Å². The van der Waals surface area contributed by atoms with E-state index in [2.05, 4.69) is 45.4 Å². The second kappa shape index (κ2) is 5.84. The minimum atomic E-state index is 0.472. The fourth-order valence-electron chi connectivity index (χ4n) is 2.58. The third-order valence-corrected chi connectivity index (χ3v) is 3.62. The second-order valence-corrected chi connectivity index (χ2v) is 6.00. The number of nitrogens with zero attached hydrogens (tertiary/aromatic N) is 7. The normalized spacial score (nSPS) is 11.5. The lowest BCUT2D eigenvalue weighted by atomic mass is 10.1. The van der Waals surface area contributed by atoms with Gasteiger partial charge >= 0.3 is 0 Å². The van der Waals surface area contributed by atoms with E-state index in [0.29, 0.717) is 17.4 Å². The molecule has 0 saturated carbocycles. The van der Waals surface area contributed by atoms with Crippen LogP contribution in [0.5, 0.6) is 0 Å². The van der Waals surface area contributed by atoms with E-state index in [9.17, 15) is 0 Å². The third-order valence-electron chi connectivity index (χ3n) is 3.62. The van der Waals surface area contributed by atoms with E-state index in [0.717, 1.165) is 23.4 Å². The first kappa shape index (κ1) is 14.5. The minimum absolute atomic E-state index is 0.472. The van der Waals surface area contributed by atoms with Crippen molar-refractivity contribution in [1.82, 2.24) is 34.8 Å². The highest BCUT2D eigenvalue weighted by atomic mass is 15.6. The van der Waals surface area contributed by atoms with E-state index in [1.54, 1.807) is 21.7 Å². The van der Waals surface area contributed by atoms with Crippen molar-refractivity contribution in [2.45, 2.75) is 20.4 Å². The van der Waals surface area contributed by atoms with Crippen molar-refractivity contribution in [1.29, 1.82) is 0 Å². The number of hydrogen-bond acceptors (Lipinski definition) is 5. The Morgan fingerprint density at radius 2 is 2.04 bits per heavy atom. The molecule has 0 fully saturated rings. The summed E-state index contributed by atoms with van der Waals surface area (Å²) in [6.07, 6.45) is 3.38. The van der Waals surface area contributed by atoms with Crippen molar-refractivity contribution in [3.63, 3.8) is 0 Å². The molecule has 7 nitrogen and oxygen atoms in total. The van der Waals surface area contributed by atoms with Gasteiger partial charge in [-0.1, -0.05) is 32.0 Å². The third kappa shape index (κ3) is 2.64. The molecule has 119 valence electrons. The maximum atomic E-state index is 4.46. The minimum Gasteiger partial charge on any atom is -0.236 e. The summed E-state index contributed by atoms with van der Waals surface area (Å²) in [6, 6.07) is 12.9. The molecular formula is C17H16N7. The predicted octanol–water partition coefficient (Wildman–Crippen LogP) is 2.51. The highest BCUT2D eigenvalue weighted by Crippen LogP contribution is 2.24. The summed E-state index contributed by atoms with van der Waals surface area (Å²) in [6.45, 7) is 5.00. The Balaban J connectivity index is 1.74. The molecule has 0 saturated heterocycles.